The van der Waals surface area contributed by atoms with Crippen molar-refractivity contribution in [3.05, 3.63) is 59.9 Å². The van der Waals surface area contributed by atoms with Crippen LogP contribution in [0.25, 0.3) is 16.6 Å². The number of nitrogens with zero attached hydrogens (tertiary/aromatic N) is 6. The van der Waals surface area contributed by atoms with Gasteiger partial charge >= 0.3 is 0 Å². The maximum absolute atomic E-state index is 11.8. The molecule has 3 heterocycles. The molecule has 2 aromatic carbocycles. The van der Waals surface area contributed by atoms with E-state index in [-0.39, 0.29) is 11.9 Å². The van der Waals surface area contributed by atoms with Crippen molar-refractivity contribution < 1.29 is 4.79 Å². The number of hydrogen-bond donors (Lipinski definition) is 1. The Bertz CT molecular complexity index is 1450. The number of rotatable bonds is 6. The van der Waals surface area contributed by atoms with Gasteiger partial charge in [-0.3, -0.25) is 4.79 Å². The number of anilines is 2. The predicted octanol–water partition coefficient (Wildman–Crippen LogP) is 4.39. The Labute approximate surface area is 210 Å². The van der Waals surface area contributed by atoms with Crippen molar-refractivity contribution in [3.8, 4) is 0 Å². The highest BCUT2D eigenvalue weighted by atomic mass is 16.2. The van der Waals surface area contributed by atoms with Crippen LogP contribution >= 0.6 is 0 Å². The lowest BCUT2D eigenvalue weighted by atomic mass is 9.98. The maximum atomic E-state index is 11.8. The van der Waals surface area contributed by atoms with Crippen molar-refractivity contribution in [1.29, 1.82) is 0 Å². The van der Waals surface area contributed by atoms with Gasteiger partial charge in [-0.05, 0) is 54.0 Å². The van der Waals surface area contributed by atoms with Crippen molar-refractivity contribution in [2.24, 2.45) is 5.92 Å². The van der Waals surface area contributed by atoms with Gasteiger partial charge in [0.05, 0.1) is 6.04 Å². The highest BCUT2D eigenvalue weighted by Crippen LogP contribution is 2.44. The molecule has 8 nitrogen and oxygen atoms in total. The number of carbonyl (C=O) groups excluding carboxylic acids is 1. The van der Waals surface area contributed by atoms with Gasteiger partial charge in [0, 0.05) is 45.1 Å². The molecule has 1 amide bonds. The molecule has 36 heavy (non-hydrogen) atoms. The molecule has 2 aliphatic carbocycles. The summed E-state index contributed by atoms with van der Waals surface area (Å²) in [6.45, 7) is 4.60. The zero-order chi connectivity index (χ0) is 24.2. The average molecular weight is 482 g/mol. The van der Waals surface area contributed by atoms with Gasteiger partial charge in [-0.2, -0.15) is 14.5 Å². The second kappa shape index (κ2) is 8.47. The Morgan fingerprint density at radius 2 is 1.72 bits per heavy atom. The van der Waals surface area contributed by atoms with Crippen molar-refractivity contribution >= 4 is 34.1 Å². The van der Waals surface area contributed by atoms with Gasteiger partial charge in [-0.1, -0.05) is 36.4 Å². The standard InChI is InChI=1S/C28H31N7O/c1-18(36)33-12-14-34(15-13-33)24-17-25(35-28(30-24)31-27(32-35)21-9-10-21)29-26(20-7-8-20)23-11-6-19-4-2-3-5-22(19)16-23/h2-6,11,16-17,20-21,26,29H,7-10,12-15H2,1H3/t26-/m1/s1. The van der Waals surface area contributed by atoms with Gasteiger partial charge in [0.1, 0.15) is 11.6 Å². The van der Waals surface area contributed by atoms with Crippen molar-refractivity contribution in [2.45, 2.75) is 44.6 Å². The third-order valence-corrected chi connectivity index (χ3v) is 7.84. The zero-order valence-electron chi connectivity index (χ0n) is 20.6. The minimum atomic E-state index is 0.134. The van der Waals surface area contributed by atoms with Crippen LogP contribution in [-0.4, -0.2) is 56.6 Å². The fraction of sp³-hybridized carbons (Fsp3) is 0.429. The largest absolute Gasteiger partial charge is 0.363 e. The second-order valence-corrected chi connectivity index (χ2v) is 10.5. The molecule has 1 saturated heterocycles. The molecule has 184 valence electrons. The van der Waals surface area contributed by atoms with E-state index in [1.54, 1.807) is 6.92 Å². The van der Waals surface area contributed by atoms with E-state index in [1.165, 1.54) is 29.2 Å². The third-order valence-electron chi connectivity index (χ3n) is 7.84. The van der Waals surface area contributed by atoms with Crippen LogP contribution in [0.4, 0.5) is 11.6 Å². The first-order chi connectivity index (χ1) is 17.6. The maximum Gasteiger partial charge on any atom is 0.256 e. The summed E-state index contributed by atoms with van der Waals surface area (Å²) in [6, 6.07) is 17.7. The zero-order valence-corrected chi connectivity index (χ0v) is 20.6. The molecule has 1 atom stereocenters. The molecular formula is C28H31N7O. The van der Waals surface area contributed by atoms with Crippen LogP contribution in [0.15, 0.2) is 48.5 Å². The lowest BCUT2D eigenvalue weighted by Crippen LogP contribution is -2.48. The lowest BCUT2D eigenvalue weighted by Gasteiger charge is -2.35. The van der Waals surface area contributed by atoms with E-state index >= 15 is 0 Å². The fourth-order valence-electron chi connectivity index (χ4n) is 5.36. The third kappa shape index (κ3) is 4.04. The monoisotopic (exact) mass is 481 g/mol. The first-order valence-electron chi connectivity index (χ1n) is 13.2. The van der Waals surface area contributed by atoms with Gasteiger partial charge in [-0.15, -0.1) is 5.10 Å². The highest BCUT2D eigenvalue weighted by Gasteiger charge is 2.34. The lowest BCUT2D eigenvalue weighted by molar-refractivity contribution is -0.129. The second-order valence-electron chi connectivity index (χ2n) is 10.5. The molecule has 0 radical (unpaired) electrons. The normalized spacial score (nSPS) is 19.1. The number of piperazine rings is 1. The summed E-state index contributed by atoms with van der Waals surface area (Å²) in [4.78, 5) is 25.7. The quantitative estimate of drug-likeness (QED) is 0.440. The van der Waals surface area contributed by atoms with E-state index in [2.05, 4.69) is 58.7 Å². The smallest absolute Gasteiger partial charge is 0.256 e. The number of hydrogen-bond acceptors (Lipinski definition) is 6. The molecule has 2 saturated carbocycles. The molecule has 0 unspecified atom stereocenters. The summed E-state index contributed by atoms with van der Waals surface area (Å²) in [6.07, 6.45) is 4.76. The molecule has 7 rings (SSSR count). The van der Waals surface area contributed by atoms with Crippen molar-refractivity contribution in [1.82, 2.24) is 24.5 Å². The summed E-state index contributed by atoms with van der Waals surface area (Å²) in [7, 11) is 0. The molecule has 8 heteroatoms. The molecule has 1 aliphatic heterocycles. The Balaban J connectivity index is 1.26. The minimum Gasteiger partial charge on any atom is -0.363 e. The van der Waals surface area contributed by atoms with Gasteiger partial charge in [0.25, 0.3) is 5.78 Å². The van der Waals surface area contributed by atoms with E-state index in [0.29, 0.717) is 30.7 Å². The number of amides is 1. The summed E-state index contributed by atoms with van der Waals surface area (Å²) in [5.74, 6) is 4.58. The number of nitrogens with one attached hydrogen (secondary N) is 1. The molecule has 1 N–H and O–H groups in total. The average Bonchev–Trinajstić information content (AvgIpc) is 3.84. The van der Waals surface area contributed by atoms with Crippen LogP contribution in [-0.2, 0) is 4.79 Å². The number of carbonyl (C=O) groups is 1. The highest BCUT2D eigenvalue weighted by molar-refractivity contribution is 5.83. The van der Waals surface area contributed by atoms with Crippen LogP contribution in [0.5, 0.6) is 0 Å². The van der Waals surface area contributed by atoms with Crippen molar-refractivity contribution in [3.63, 3.8) is 0 Å². The number of fused-ring (bicyclic) bond motifs is 2. The minimum absolute atomic E-state index is 0.134. The van der Waals surface area contributed by atoms with E-state index in [9.17, 15) is 4.79 Å². The van der Waals surface area contributed by atoms with Gasteiger partial charge in [0.15, 0.2) is 5.82 Å². The molecular weight excluding hydrogens is 450 g/mol. The SMILES string of the molecule is CC(=O)N1CCN(c2cc(N[C@@H](c3ccc4ccccc4c3)C3CC3)n3nc(C4CC4)nc3n2)CC1. The van der Waals surface area contributed by atoms with Gasteiger partial charge in [0.2, 0.25) is 5.91 Å². The Hall–Kier alpha value is -3.68. The Kier molecular flexibility index (Phi) is 5.08. The van der Waals surface area contributed by atoms with Crippen LogP contribution in [0.2, 0.25) is 0 Å². The molecule has 0 spiro atoms. The van der Waals surface area contributed by atoms with Crippen LogP contribution in [0, 0.1) is 5.92 Å². The first-order valence-corrected chi connectivity index (χ1v) is 13.2. The van der Waals surface area contributed by atoms with E-state index in [0.717, 1.165) is 43.4 Å². The Morgan fingerprint density at radius 3 is 2.44 bits per heavy atom. The van der Waals surface area contributed by atoms with Crippen LogP contribution in [0.3, 0.4) is 0 Å². The van der Waals surface area contributed by atoms with Gasteiger partial charge < -0.3 is 15.1 Å². The number of aromatic nitrogens is 4. The summed E-state index contributed by atoms with van der Waals surface area (Å²) >= 11 is 0. The van der Waals surface area contributed by atoms with Crippen LogP contribution < -0.4 is 10.2 Å². The van der Waals surface area contributed by atoms with E-state index < -0.39 is 0 Å². The summed E-state index contributed by atoms with van der Waals surface area (Å²) < 4.78 is 1.90. The van der Waals surface area contributed by atoms with E-state index in [4.69, 9.17) is 15.1 Å². The van der Waals surface area contributed by atoms with Crippen LogP contribution in [0.1, 0.15) is 56.0 Å². The Morgan fingerprint density at radius 1 is 0.944 bits per heavy atom. The first kappa shape index (κ1) is 21.6. The summed E-state index contributed by atoms with van der Waals surface area (Å²) in [5, 5.41) is 11.3. The van der Waals surface area contributed by atoms with Gasteiger partial charge in [-0.25, -0.2) is 0 Å². The molecule has 4 aromatic rings. The summed E-state index contributed by atoms with van der Waals surface area (Å²) in [5.41, 5.74) is 1.31. The topological polar surface area (TPSA) is 78.7 Å². The van der Waals surface area contributed by atoms with E-state index in [1.807, 2.05) is 9.42 Å². The molecule has 3 fully saturated rings. The molecule has 0 bridgehead atoms. The predicted molar refractivity (Wildman–Crippen MR) is 140 cm³/mol. The number of benzene rings is 2. The molecule has 3 aliphatic rings. The fourth-order valence-corrected chi connectivity index (χ4v) is 5.36. The molecule has 2 aromatic heterocycles. The van der Waals surface area contributed by atoms with Crippen molar-refractivity contribution in [2.75, 3.05) is 36.4 Å².